The lowest BCUT2D eigenvalue weighted by Crippen LogP contribution is -2.68. The van der Waals surface area contributed by atoms with Crippen molar-refractivity contribution in [1.82, 2.24) is 5.32 Å². The lowest BCUT2D eigenvalue weighted by molar-refractivity contribution is -0.301. The Morgan fingerprint density at radius 2 is 1.67 bits per heavy atom. The third kappa shape index (κ3) is 5.15. The summed E-state index contributed by atoms with van der Waals surface area (Å²) in [6.45, 7) is 6.14. The van der Waals surface area contributed by atoms with Gasteiger partial charge in [0.25, 0.3) is 0 Å². The summed E-state index contributed by atoms with van der Waals surface area (Å²) in [6, 6.07) is -2.10. The minimum absolute atomic E-state index is 0.364. The van der Waals surface area contributed by atoms with Gasteiger partial charge in [0.2, 0.25) is 0 Å². The fourth-order valence-corrected chi connectivity index (χ4v) is 3.61. The standard InChI is InChI=1S/C17H35N3O7/c1-6(2)5-20-9-4-8(18)16(13(24)11(9)22)27-17-10(19)12(23)14(25)15(26-17)7(3)21/h6-17,20-25H,4-5,18-19H2,1-3H3/t7-,8?,9-,10+,11-,12?,13?,14+,15?,16-,17-/m1/s1. The highest BCUT2D eigenvalue weighted by Crippen LogP contribution is 2.28. The molecule has 1 saturated carbocycles. The molecule has 10 N–H and O–H groups in total. The number of aliphatic hydroxyl groups is 5. The van der Waals surface area contributed by atoms with E-state index in [1.165, 1.54) is 6.92 Å². The lowest BCUT2D eigenvalue weighted by Gasteiger charge is -2.47. The number of nitrogens with one attached hydrogen (secondary N) is 1. The third-order valence-corrected chi connectivity index (χ3v) is 5.29. The molecular weight excluding hydrogens is 358 g/mol. The topological polar surface area (TPSA) is 184 Å². The largest absolute Gasteiger partial charge is 0.391 e. The highest BCUT2D eigenvalue weighted by atomic mass is 16.7. The Kier molecular flexibility index (Phi) is 7.97. The number of nitrogens with two attached hydrogens (primary N) is 2. The van der Waals surface area contributed by atoms with Crippen molar-refractivity contribution in [3.05, 3.63) is 0 Å². The number of ether oxygens (including phenoxy) is 2. The molecule has 10 nitrogen and oxygen atoms in total. The molecule has 11 atom stereocenters. The first-order chi connectivity index (χ1) is 12.5. The van der Waals surface area contributed by atoms with Gasteiger partial charge in [-0.3, -0.25) is 0 Å². The molecule has 4 unspecified atom stereocenters. The van der Waals surface area contributed by atoms with Crippen LogP contribution in [-0.4, -0.2) is 99.2 Å². The van der Waals surface area contributed by atoms with Crippen LogP contribution in [0.3, 0.4) is 0 Å². The van der Waals surface area contributed by atoms with Gasteiger partial charge in [-0.2, -0.15) is 0 Å². The molecule has 1 heterocycles. The van der Waals surface area contributed by atoms with Crippen LogP contribution in [0.2, 0.25) is 0 Å². The van der Waals surface area contributed by atoms with Crippen LogP contribution in [0, 0.1) is 5.92 Å². The Labute approximate surface area is 159 Å². The molecule has 2 rings (SSSR count). The maximum absolute atomic E-state index is 10.5. The minimum atomic E-state index is -1.38. The molecule has 0 amide bonds. The number of rotatable bonds is 6. The van der Waals surface area contributed by atoms with Gasteiger partial charge in [-0.25, -0.2) is 0 Å². The molecule has 1 aliphatic heterocycles. The molecule has 2 fully saturated rings. The predicted octanol–water partition coefficient (Wildman–Crippen LogP) is -3.41. The van der Waals surface area contributed by atoms with E-state index in [4.69, 9.17) is 20.9 Å². The number of hydrogen-bond acceptors (Lipinski definition) is 10. The summed E-state index contributed by atoms with van der Waals surface area (Å²) < 4.78 is 11.2. The van der Waals surface area contributed by atoms with Crippen molar-refractivity contribution < 1.29 is 35.0 Å². The van der Waals surface area contributed by atoms with Crippen LogP contribution >= 0.6 is 0 Å². The first kappa shape index (κ1) is 22.9. The van der Waals surface area contributed by atoms with Crippen LogP contribution in [0.1, 0.15) is 27.2 Å². The molecule has 10 heteroatoms. The molecule has 160 valence electrons. The monoisotopic (exact) mass is 393 g/mol. The van der Waals surface area contributed by atoms with Crippen LogP contribution in [0.15, 0.2) is 0 Å². The number of aliphatic hydroxyl groups excluding tert-OH is 5. The van der Waals surface area contributed by atoms with Gasteiger partial charge >= 0.3 is 0 Å². The first-order valence-corrected chi connectivity index (χ1v) is 9.50. The molecule has 0 aromatic heterocycles. The zero-order chi connectivity index (χ0) is 20.5. The summed E-state index contributed by atoms with van der Waals surface area (Å²) in [4.78, 5) is 0. The lowest BCUT2D eigenvalue weighted by atomic mass is 9.83. The second-order valence-electron chi connectivity index (χ2n) is 8.16. The van der Waals surface area contributed by atoms with Crippen LogP contribution in [0.25, 0.3) is 0 Å². The van der Waals surface area contributed by atoms with Crippen molar-refractivity contribution in [2.75, 3.05) is 6.54 Å². The maximum Gasteiger partial charge on any atom is 0.176 e. The average molecular weight is 393 g/mol. The molecule has 0 bridgehead atoms. The third-order valence-electron chi connectivity index (χ3n) is 5.29. The predicted molar refractivity (Wildman–Crippen MR) is 96.4 cm³/mol. The number of hydrogen-bond donors (Lipinski definition) is 8. The molecular formula is C17H35N3O7. The van der Waals surface area contributed by atoms with E-state index < -0.39 is 61.1 Å². The fraction of sp³-hybridized carbons (Fsp3) is 1.00. The van der Waals surface area contributed by atoms with Crippen molar-refractivity contribution in [2.24, 2.45) is 17.4 Å². The van der Waals surface area contributed by atoms with Gasteiger partial charge in [0.05, 0.1) is 18.2 Å². The van der Waals surface area contributed by atoms with Crippen molar-refractivity contribution in [2.45, 2.75) is 94.3 Å². The Bertz CT molecular complexity index is 470. The summed E-state index contributed by atoms with van der Waals surface area (Å²) in [6.07, 6.45) is -9.15. The van der Waals surface area contributed by atoms with Gasteiger partial charge < -0.3 is 51.8 Å². The normalized spacial score (nSPS) is 47.2. The van der Waals surface area contributed by atoms with E-state index in [0.29, 0.717) is 18.9 Å². The maximum atomic E-state index is 10.5. The van der Waals surface area contributed by atoms with Crippen LogP contribution in [0.4, 0.5) is 0 Å². The second kappa shape index (κ2) is 9.40. The quantitative estimate of drug-likeness (QED) is 0.226. The van der Waals surface area contributed by atoms with E-state index >= 15 is 0 Å². The highest BCUT2D eigenvalue weighted by molar-refractivity contribution is 5.00. The van der Waals surface area contributed by atoms with Gasteiger partial charge in [-0.1, -0.05) is 13.8 Å². The Morgan fingerprint density at radius 1 is 1.04 bits per heavy atom. The Balaban J connectivity index is 2.05. The minimum Gasteiger partial charge on any atom is -0.391 e. The molecule has 0 aromatic rings. The highest BCUT2D eigenvalue weighted by Gasteiger charge is 2.49. The SMILES string of the molecule is CC(C)CN[C@@H]1CC(N)[C@@H](O[C@H]2OC([C@@H](C)O)[C@@H](O)C(O)[C@@H]2N)C(O)[C@@H]1O. The molecule has 1 saturated heterocycles. The second-order valence-corrected chi connectivity index (χ2v) is 8.16. The van der Waals surface area contributed by atoms with Crippen LogP contribution in [0.5, 0.6) is 0 Å². The molecule has 1 aliphatic carbocycles. The van der Waals surface area contributed by atoms with Crippen LogP contribution < -0.4 is 16.8 Å². The summed E-state index contributed by atoms with van der Waals surface area (Å²) in [7, 11) is 0. The van der Waals surface area contributed by atoms with Crippen molar-refractivity contribution >= 4 is 0 Å². The van der Waals surface area contributed by atoms with E-state index in [-0.39, 0.29) is 6.04 Å². The molecule has 2 aliphatic rings. The van der Waals surface area contributed by atoms with Crippen molar-refractivity contribution in [3.8, 4) is 0 Å². The summed E-state index contributed by atoms with van der Waals surface area (Å²) in [5, 5.41) is 54.0. The van der Waals surface area contributed by atoms with Gasteiger partial charge in [0.1, 0.15) is 30.5 Å². The summed E-state index contributed by atoms with van der Waals surface area (Å²) >= 11 is 0. The smallest absolute Gasteiger partial charge is 0.176 e. The average Bonchev–Trinajstić information content (AvgIpc) is 2.59. The zero-order valence-corrected chi connectivity index (χ0v) is 16.0. The molecule has 27 heavy (non-hydrogen) atoms. The van der Waals surface area contributed by atoms with E-state index in [1.807, 2.05) is 13.8 Å². The van der Waals surface area contributed by atoms with E-state index in [2.05, 4.69) is 5.32 Å². The molecule has 0 aromatic carbocycles. The summed E-state index contributed by atoms with van der Waals surface area (Å²) in [5.74, 6) is 0.374. The fourth-order valence-electron chi connectivity index (χ4n) is 3.61. The van der Waals surface area contributed by atoms with Gasteiger partial charge in [-0.15, -0.1) is 0 Å². The Hall–Kier alpha value is -0.400. The Morgan fingerprint density at radius 3 is 2.22 bits per heavy atom. The zero-order valence-electron chi connectivity index (χ0n) is 16.0. The molecule has 0 radical (unpaired) electrons. The van der Waals surface area contributed by atoms with Crippen LogP contribution in [-0.2, 0) is 9.47 Å². The van der Waals surface area contributed by atoms with E-state index in [1.54, 1.807) is 0 Å². The molecule has 0 spiro atoms. The van der Waals surface area contributed by atoms with Gasteiger partial charge in [0, 0.05) is 12.1 Å². The first-order valence-electron chi connectivity index (χ1n) is 9.50. The van der Waals surface area contributed by atoms with Gasteiger partial charge in [0.15, 0.2) is 6.29 Å². The van der Waals surface area contributed by atoms with Crippen molar-refractivity contribution in [1.29, 1.82) is 0 Å². The van der Waals surface area contributed by atoms with E-state index in [9.17, 15) is 25.5 Å². The van der Waals surface area contributed by atoms with Gasteiger partial charge in [-0.05, 0) is 25.8 Å². The van der Waals surface area contributed by atoms with Crippen molar-refractivity contribution in [3.63, 3.8) is 0 Å². The van der Waals surface area contributed by atoms with E-state index in [0.717, 1.165) is 0 Å². The summed E-state index contributed by atoms with van der Waals surface area (Å²) in [5.41, 5.74) is 12.0.